The minimum atomic E-state index is -3.46. The molecule has 2 heterocycles. The molecule has 0 bridgehead atoms. The highest BCUT2D eigenvalue weighted by Gasteiger charge is 2.22. The highest BCUT2D eigenvalue weighted by atomic mass is 35.5. The van der Waals surface area contributed by atoms with Gasteiger partial charge in [-0.1, -0.05) is 23.7 Å². The predicted octanol–water partition coefficient (Wildman–Crippen LogP) is 4.55. The molecular weight excluding hydrogens is 526 g/mol. The molecule has 2 aromatic carbocycles. The molecule has 38 heavy (non-hydrogen) atoms. The Hall–Kier alpha value is -3.28. The molecule has 0 atom stereocenters. The third-order valence-corrected chi connectivity index (χ3v) is 8.20. The van der Waals surface area contributed by atoms with Crippen molar-refractivity contribution in [3.05, 3.63) is 53.7 Å². The molecule has 0 aliphatic carbocycles. The average Bonchev–Trinajstić information content (AvgIpc) is 2.90. The lowest BCUT2D eigenvalue weighted by Gasteiger charge is -2.36. The third kappa shape index (κ3) is 6.40. The van der Waals surface area contributed by atoms with Crippen molar-refractivity contribution in [2.45, 2.75) is 18.9 Å². The minimum absolute atomic E-state index is 0.288. The second-order valence-electron chi connectivity index (χ2n) is 9.45. The van der Waals surface area contributed by atoms with Crippen LogP contribution in [-0.4, -0.2) is 76.9 Å². The molecule has 1 aliphatic rings. The van der Waals surface area contributed by atoms with E-state index in [1.165, 1.54) is 17.5 Å². The SMILES string of the molecule is COc1cc(N2CCC(N(C)C)CC2)ccc1Nc1ncc(Cl)c(Nc2ccccc2N(C)S(C)(=O)=O)n1. The Bertz CT molecular complexity index is 1380. The first kappa shape index (κ1) is 27.7. The molecule has 0 amide bonds. The Morgan fingerprint density at radius 1 is 1.05 bits per heavy atom. The Balaban J connectivity index is 1.54. The van der Waals surface area contributed by atoms with Crippen LogP contribution in [0.15, 0.2) is 48.7 Å². The van der Waals surface area contributed by atoms with E-state index in [4.69, 9.17) is 16.3 Å². The molecule has 0 radical (unpaired) electrons. The summed E-state index contributed by atoms with van der Waals surface area (Å²) in [7, 11) is 3.93. The van der Waals surface area contributed by atoms with Gasteiger partial charge in [-0.25, -0.2) is 13.4 Å². The molecule has 10 nitrogen and oxygen atoms in total. The Morgan fingerprint density at radius 2 is 1.76 bits per heavy atom. The van der Waals surface area contributed by atoms with Gasteiger partial charge in [-0.05, 0) is 51.2 Å². The van der Waals surface area contributed by atoms with Gasteiger partial charge in [0, 0.05) is 37.9 Å². The molecule has 3 aromatic rings. The number of hydrogen-bond acceptors (Lipinski definition) is 9. The van der Waals surface area contributed by atoms with Crippen LogP contribution in [-0.2, 0) is 10.0 Å². The summed E-state index contributed by atoms with van der Waals surface area (Å²) in [5.74, 6) is 1.31. The van der Waals surface area contributed by atoms with Crippen LogP contribution in [0.2, 0.25) is 5.02 Å². The van der Waals surface area contributed by atoms with E-state index >= 15 is 0 Å². The number of rotatable bonds is 9. The molecule has 0 saturated carbocycles. The summed E-state index contributed by atoms with van der Waals surface area (Å²) in [5, 5.41) is 6.64. The lowest BCUT2D eigenvalue weighted by Crippen LogP contribution is -2.41. The van der Waals surface area contributed by atoms with Crippen molar-refractivity contribution in [3.8, 4) is 5.75 Å². The molecule has 1 aliphatic heterocycles. The molecule has 204 valence electrons. The van der Waals surface area contributed by atoms with Crippen molar-refractivity contribution in [2.75, 3.05) is 67.4 Å². The summed E-state index contributed by atoms with van der Waals surface area (Å²) in [6, 6.07) is 13.7. The second kappa shape index (κ2) is 11.6. The zero-order chi connectivity index (χ0) is 27.4. The van der Waals surface area contributed by atoms with E-state index in [2.05, 4.69) is 50.6 Å². The zero-order valence-corrected chi connectivity index (χ0v) is 23.8. The van der Waals surface area contributed by atoms with Crippen LogP contribution in [0.4, 0.5) is 34.5 Å². The smallest absolute Gasteiger partial charge is 0.232 e. The molecule has 1 fully saturated rings. The number of nitrogens with one attached hydrogen (secondary N) is 2. The molecule has 1 saturated heterocycles. The molecule has 1 aromatic heterocycles. The van der Waals surface area contributed by atoms with Gasteiger partial charge in [0.25, 0.3) is 0 Å². The first-order valence-electron chi connectivity index (χ1n) is 12.3. The van der Waals surface area contributed by atoms with Crippen molar-refractivity contribution >= 4 is 56.1 Å². The third-order valence-electron chi connectivity index (χ3n) is 6.73. The lowest BCUT2D eigenvalue weighted by atomic mass is 10.0. The predicted molar refractivity (Wildman–Crippen MR) is 155 cm³/mol. The fourth-order valence-corrected chi connectivity index (χ4v) is 5.07. The maximum absolute atomic E-state index is 12.1. The van der Waals surface area contributed by atoms with Crippen molar-refractivity contribution in [3.63, 3.8) is 0 Å². The van der Waals surface area contributed by atoms with Gasteiger partial charge in [0.2, 0.25) is 16.0 Å². The van der Waals surface area contributed by atoms with Crippen molar-refractivity contribution in [1.29, 1.82) is 0 Å². The number of para-hydroxylation sites is 2. The highest BCUT2D eigenvalue weighted by molar-refractivity contribution is 7.92. The van der Waals surface area contributed by atoms with Crippen LogP contribution >= 0.6 is 11.6 Å². The Labute approximate surface area is 229 Å². The molecular formula is C26H34ClN7O3S. The van der Waals surface area contributed by atoms with E-state index in [1.807, 2.05) is 12.1 Å². The number of sulfonamides is 1. The summed E-state index contributed by atoms with van der Waals surface area (Å²) in [6.45, 7) is 1.98. The van der Waals surface area contributed by atoms with E-state index < -0.39 is 10.0 Å². The van der Waals surface area contributed by atoms with Crippen LogP contribution in [0, 0.1) is 0 Å². The summed E-state index contributed by atoms with van der Waals surface area (Å²) in [5.41, 5.74) is 2.82. The minimum Gasteiger partial charge on any atom is -0.494 e. The van der Waals surface area contributed by atoms with Gasteiger partial charge in [0.05, 0.1) is 36.6 Å². The first-order valence-corrected chi connectivity index (χ1v) is 14.5. The van der Waals surface area contributed by atoms with E-state index in [9.17, 15) is 8.42 Å². The van der Waals surface area contributed by atoms with Crippen LogP contribution in [0.25, 0.3) is 0 Å². The number of ether oxygens (including phenoxy) is 1. The average molecular weight is 560 g/mol. The maximum atomic E-state index is 12.1. The number of anilines is 6. The van der Waals surface area contributed by atoms with E-state index in [0.29, 0.717) is 40.6 Å². The van der Waals surface area contributed by atoms with Crippen LogP contribution in [0.1, 0.15) is 12.8 Å². The van der Waals surface area contributed by atoms with Gasteiger partial charge in [0.1, 0.15) is 10.8 Å². The molecule has 4 rings (SSSR count). The summed E-state index contributed by atoms with van der Waals surface area (Å²) in [4.78, 5) is 13.5. The van der Waals surface area contributed by atoms with Gasteiger partial charge in [-0.15, -0.1) is 0 Å². The molecule has 12 heteroatoms. The number of aromatic nitrogens is 2. The zero-order valence-electron chi connectivity index (χ0n) is 22.3. The number of methoxy groups -OCH3 is 1. The Morgan fingerprint density at radius 3 is 2.42 bits per heavy atom. The summed E-state index contributed by atoms with van der Waals surface area (Å²) >= 11 is 6.39. The highest BCUT2D eigenvalue weighted by Crippen LogP contribution is 2.35. The largest absolute Gasteiger partial charge is 0.494 e. The maximum Gasteiger partial charge on any atom is 0.232 e. The van der Waals surface area contributed by atoms with E-state index in [0.717, 1.165) is 37.9 Å². The molecule has 0 unspecified atom stereocenters. The monoisotopic (exact) mass is 559 g/mol. The van der Waals surface area contributed by atoms with Crippen molar-refractivity contribution < 1.29 is 13.2 Å². The van der Waals surface area contributed by atoms with Crippen LogP contribution < -0.4 is 24.6 Å². The quantitative estimate of drug-likeness (QED) is 0.391. The van der Waals surface area contributed by atoms with Gasteiger partial charge in [0.15, 0.2) is 5.82 Å². The van der Waals surface area contributed by atoms with Crippen molar-refractivity contribution in [1.82, 2.24) is 14.9 Å². The lowest BCUT2D eigenvalue weighted by molar-refractivity contribution is 0.249. The number of piperidine rings is 1. The number of benzene rings is 2. The fourth-order valence-electron chi connectivity index (χ4n) is 4.42. The summed E-state index contributed by atoms with van der Waals surface area (Å²) in [6.07, 6.45) is 4.87. The van der Waals surface area contributed by atoms with Gasteiger partial charge in [-0.3, -0.25) is 4.31 Å². The fraction of sp³-hybridized carbons (Fsp3) is 0.385. The summed E-state index contributed by atoms with van der Waals surface area (Å²) < 4.78 is 31.1. The number of hydrogen-bond donors (Lipinski definition) is 2. The first-order chi connectivity index (χ1) is 18.1. The molecule has 0 spiro atoms. The van der Waals surface area contributed by atoms with Crippen LogP contribution in [0.3, 0.4) is 0 Å². The van der Waals surface area contributed by atoms with Gasteiger partial charge < -0.3 is 25.2 Å². The second-order valence-corrected chi connectivity index (χ2v) is 11.9. The van der Waals surface area contributed by atoms with E-state index in [1.54, 1.807) is 31.4 Å². The topological polar surface area (TPSA) is 103 Å². The van der Waals surface area contributed by atoms with Gasteiger partial charge >= 0.3 is 0 Å². The van der Waals surface area contributed by atoms with Crippen molar-refractivity contribution in [2.24, 2.45) is 0 Å². The number of halogens is 1. The van der Waals surface area contributed by atoms with E-state index in [-0.39, 0.29) is 5.02 Å². The molecule has 2 N–H and O–H groups in total. The van der Waals surface area contributed by atoms with Crippen LogP contribution in [0.5, 0.6) is 5.75 Å². The van der Waals surface area contributed by atoms with Gasteiger partial charge in [-0.2, -0.15) is 4.98 Å². The number of nitrogens with zero attached hydrogens (tertiary/aromatic N) is 5. The standard InChI is InChI=1S/C26H34ClN7O3S/c1-32(2)18-12-14-34(15-13-18)19-10-11-22(24(16-19)37-4)30-26-28-17-20(27)25(31-26)29-21-8-6-7-9-23(21)33(3)38(5,35)36/h6-11,16-18H,12-15H2,1-5H3,(H2,28,29,30,31). The normalized spacial score (nSPS) is 14.4. The Kier molecular flexibility index (Phi) is 8.49.